The highest BCUT2D eigenvalue weighted by Crippen LogP contribution is 2.41. The fourth-order valence-corrected chi connectivity index (χ4v) is 4.50. The van der Waals surface area contributed by atoms with E-state index in [1.165, 1.54) is 36.1 Å². The SMILES string of the molecule is O=C(NCc1cccs1)NCC1(c2ccsc2)CCCC1. The van der Waals surface area contributed by atoms with Crippen molar-refractivity contribution in [3.63, 3.8) is 0 Å². The van der Waals surface area contributed by atoms with Gasteiger partial charge in [0.2, 0.25) is 0 Å². The van der Waals surface area contributed by atoms with E-state index in [1.54, 1.807) is 22.7 Å². The van der Waals surface area contributed by atoms with Gasteiger partial charge in [0.1, 0.15) is 0 Å². The second-order valence-electron chi connectivity index (χ2n) is 5.62. The maximum atomic E-state index is 12.0. The second-order valence-corrected chi connectivity index (χ2v) is 7.43. The van der Waals surface area contributed by atoms with Crippen molar-refractivity contribution in [3.8, 4) is 0 Å². The molecule has 0 atom stereocenters. The van der Waals surface area contributed by atoms with Crippen LogP contribution in [0.3, 0.4) is 0 Å². The predicted molar refractivity (Wildman–Crippen MR) is 89.0 cm³/mol. The lowest BCUT2D eigenvalue weighted by molar-refractivity contribution is 0.237. The lowest BCUT2D eigenvalue weighted by Gasteiger charge is -2.28. The summed E-state index contributed by atoms with van der Waals surface area (Å²) in [5, 5.41) is 12.4. The highest BCUT2D eigenvalue weighted by Gasteiger charge is 2.36. The predicted octanol–water partition coefficient (Wildman–Crippen LogP) is 4.12. The maximum Gasteiger partial charge on any atom is 0.315 e. The molecule has 2 heterocycles. The topological polar surface area (TPSA) is 41.1 Å². The smallest absolute Gasteiger partial charge is 0.315 e. The summed E-state index contributed by atoms with van der Waals surface area (Å²) in [4.78, 5) is 13.2. The fourth-order valence-electron chi connectivity index (χ4n) is 3.08. The third-order valence-electron chi connectivity index (χ3n) is 4.28. The summed E-state index contributed by atoms with van der Waals surface area (Å²) < 4.78 is 0. The molecule has 1 fully saturated rings. The average Bonchev–Trinajstić information content (AvgIpc) is 3.25. The minimum absolute atomic E-state index is 0.0649. The number of rotatable bonds is 5. The van der Waals surface area contributed by atoms with Crippen molar-refractivity contribution < 1.29 is 4.79 Å². The Balaban J connectivity index is 1.54. The van der Waals surface area contributed by atoms with Crippen molar-refractivity contribution in [2.75, 3.05) is 6.54 Å². The first-order valence-corrected chi connectivity index (χ1v) is 9.18. The van der Waals surface area contributed by atoms with Gasteiger partial charge in [-0.05, 0) is 46.7 Å². The maximum absolute atomic E-state index is 12.0. The van der Waals surface area contributed by atoms with Crippen molar-refractivity contribution in [2.45, 2.75) is 37.6 Å². The minimum Gasteiger partial charge on any atom is -0.337 e. The van der Waals surface area contributed by atoms with Gasteiger partial charge in [-0.25, -0.2) is 4.79 Å². The van der Waals surface area contributed by atoms with E-state index >= 15 is 0 Å². The van der Waals surface area contributed by atoms with Crippen LogP contribution in [0.25, 0.3) is 0 Å². The molecule has 3 nitrogen and oxygen atoms in total. The highest BCUT2D eigenvalue weighted by atomic mass is 32.1. The van der Waals surface area contributed by atoms with Gasteiger partial charge in [0.05, 0.1) is 6.54 Å². The van der Waals surface area contributed by atoms with Crippen molar-refractivity contribution >= 4 is 28.7 Å². The molecule has 0 aliphatic heterocycles. The third-order valence-corrected chi connectivity index (χ3v) is 5.84. The molecule has 2 N–H and O–H groups in total. The van der Waals surface area contributed by atoms with Gasteiger partial charge in [-0.3, -0.25) is 0 Å². The number of urea groups is 1. The molecular weight excluding hydrogens is 300 g/mol. The normalized spacial score (nSPS) is 16.8. The lowest BCUT2D eigenvalue weighted by Crippen LogP contribution is -2.43. The first kappa shape index (κ1) is 14.6. The Morgan fingerprint density at radius 2 is 2.05 bits per heavy atom. The molecule has 0 radical (unpaired) electrons. The number of thiophene rings is 2. The number of hydrogen-bond donors (Lipinski definition) is 2. The Kier molecular flexibility index (Phi) is 4.60. The summed E-state index contributed by atoms with van der Waals surface area (Å²) in [6.45, 7) is 1.34. The van der Waals surface area contributed by atoms with Crippen LogP contribution in [0.15, 0.2) is 34.3 Å². The summed E-state index contributed by atoms with van der Waals surface area (Å²) >= 11 is 3.41. The van der Waals surface area contributed by atoms with Crippen LogP contribution in [0.5, 0.6) is 0 Å². The van der Waals surface area contributed by atoms with E-state index in [4.69, 9.17) is 0 Å². The standard InChI is InChI=1S/C16H20N2OS2/c19-15(17-10-14-4-3-8-21-14)18-12-16(6-1-2-7-16)13-5-9-20-11-13/h3-5,8-9,11H,1-2,6-7,10,12H2,(H2,17,18,19). The number of hydrogen-bond acceptors (Lipinski definition) is 3. The van der Waals surface area contributed by atoms with Crippen molar-refractivity contribution in [1.29, 1.82) is 0 Å². The summed E-state index contributed by atoms with van der Waals surface area (Å²) in [6.07, 6.45) is 4.87. The highest BCUT2D eigenvalue weighted by molar-refractivity contribution is 7.09. The summed E-state index contributed by atoms with van der Waals surface area (Å²) in [5.41, 5.74) is 1.55. The van der Waals surface area contributed by atoms with Crippen LogP contribution >= 0.6 is 22.7 Å². The Morgan fingerprint density at radius 1 is 1.19 bits per heavy atom. The van der Waals surface area contributed by atoms with E-state index in [0.717, 1.165) is 6.54 Å². The molecule has 21 heavy (non-hydrogen) atoms. The first-order chi connectivity index (χ1) is 10.3. The molecule has 5 heteroatoms. The molecule has 112 valence electrons. The van der Waals surface area contributed by atoms with Gasteiger partial charge in [-0.2, -0.15) is 11.3 Å². The van der Waals surface area contributed by atoms with E-state index < -0.39 is 0 Å². The van der Waals surface area contributed by atoms with Crippen molar-refractivity contribution in [3.05, 3.63) is 44.8 Å². The molecule has 2 aromatic heterocycles. The number of carbonyl (C=O) groups is 1. The fraction of sp³-hybridized carbons (Fsp3) is 0.438. The number of carbonyl (C=O) groups excluding carboxylic acids is 1. The number of amides is 2. The van der Waals surface area contributed by atoms with Crippen LogP contribution in [-0.2, 0) is 12.0 Å². The molecule has 0 spiro atoms. The van der Waals surface area contributed by atoms with E-state index in [0.29, 0.717) is 6.54 Å². The summed E-state index contributed by atoms with van der Waals surface area (Å²) in [7, 11) is 0. The van der Waals surface area contributed by atoms with Crippen LogP contribution in [-0.4, -0.2) is 12.6 Å². The molecule has 3 rings (SSSR count). The Labute approximate surface area is 133 Å². The molecule has 0 aromatic carbocycles. The third kappa shape index (κ3) is 3.47. The van der Waals surface area contributed by atoms with E-state index in [1.807, 2.05) is 17.5 Å². The molecule has 0 bridgehead atoms. The zero-order chi connectivity index (χ0) is 14.5. The van der Waals surface area contributed by atoms with Gasteiger partial charge in [0.15, 0.2) is 0 Å². The van der Waals surface area contributed by atoms with Gasteiger partial charge in [-0.1, -0.05) is 18.9 Å². The Morgan fingerprint density at radius 3 is 2.71 bits per heavy atom. The van der Waals surface area contributed by atoms with Gasteiger partial charge in [0, 0.05) is 16.8 Å². The quantitative estimate of drug-likeness (QED) is 0.855. The van der Waals surface area contributed by atoms with Crippen LogP contribution < -0.4 is 10.6 Å². The van der Waals surface area contributed by atoms with E-state index in [-0.39, 0.29) is 11.4 Å². The largest absolute Gasteiger partial charge is 0.337 e. The van der Waals surface area contributed by atoms with Gasteiger partial charge >= 0.3 is 6.03 Å². The van der Waals surface area contributed by atoms with Crippen molar-refractivity contribution in [2.24, 2.45) is 0 Å². The van der Waals surface area contributed by atoms with Gasteiger partial charge in [-0.15, -0.1) is 11.3 Å². The zero-order valence-electron chi connectivity index (χ0n) is 11.9. The molecule has 0 unspecified atom stereocenters. The number of nitrogens with one attached hydrogen (secondary N) is 2. The lowest BCUT2D eigenvalue weighted by atomic mass is 9.80. The second kappa shape index (κ2) is 6.62. The van der Waals surface area contributed by atoms with Gasteiger partial charge < -0.3 is 10.6 Å². The van der Waals surface area contributed by atoms with E-state index in [2.05, 4.69) is 27.5 Å². The monoisotopic (exact) mass is 320 g/mol. The molecular formula is C16H20N2OS2. The minimum atomic E-state index is -0.0649. The van der Waals surface area contributed by atoms with Crippen LogP contribution in [0.4, 0.5) is 4.79 Å². The Hall–Kier alpha value is -1.33. The first-order valence-electron chi connectivity index (χ1n) is 7.35. The molecule has 2 amide bonds. The van der Waals surface area contributed by atoms with Gasteiger partial charge in [0.25, 0.3) is 0 Å². The zero-order valence-corrected chi connectivity index (χ0v) is 13.6. The van der Waals surface area contributed by atoms with Crippen LogP contribution in [0.2, 0.25) is 0 Å². The molecule has 1 saturated carbocycles. The molecule has 2 aromatic rings. The van der Waals surface area contributed by atoms with Crippen LogP contribution in [0.1, 0.15) is 36.1 Å². The Bertz CT molecular complexity index is 557. The average molecular weight is 320 g/mol. The summed E-state index contributed by atoms with van der Waals surface area (Å²) in [6, 6.07) is 6.18. The summed E-state index contributed by atoms with van der Waals surface area (Å²) in [5.74, 6) is 0. The van der Waals surface area contributed by atoms with Crippen molar-refractivity contribution in [1.82, 2.24) is 10.6 Å². The molecule has 1 aliphatic carbocycles. The molecule has 0 saturated heterocycles. The van der Waals surface area contributed by atoms with E-state index in [9.17, 15) is 4.79 Å². The molecule has 1 aliphatic rings. The van der Waals surface area contributed by atoms with Crippen LogP contribution in [0, 0.1) is 0 Å².